The lowest BCUT2D eigenvalue weighted by Gasteiger charge is -2.12. The Kier molecular flexibility index (Phi) is 6.13. The molecule has 1 aromatic heterocycles. The lowest BCUT2D eigenvalue weighted by Crippen LogP contribution is -2.01. The van der Waals surface area contributed by atoms with Crippen molar-refractivity contribution in [3.8, 4) is 16.9 Å². The number of para-hydroxylation sites is 1. The van der Waals surface area contributed by atoms with Gasteiger partial charge >= 0.3 is 0 Å². The Morgan fingerprint density at radius 1 is 1.03 bits per heavy atom. The van der Waals surface area contributed by atoms with Crippen molar-refractivity contribution in [1.82, 2.24) is 0 Å². The highest BCUT2D eigenvalue weighted by molar-refractivity contribution is 7.96. The summed E-state index contributed by atoms with van der Waals surface area (Å²) in [6.07, 6.45) is 0.212. The minimum Gasteiger partial charge on any atom is -0.489 e. The standard InChI is InChI=1S/C24H20ClNO3S/c25-23-12-20-19(17-6-3-4-15(8-17)13-26)9-16(10-22(20)29-23)14-28-21-7-2-1-5-18(21)11-24(27)30/h1-10,12H,11,13-14,26H2,(H,27,30). The molecule has 1 heterocycles. The van der Waals surface area contributed by atoms with E-state index in [1.54, 1.807) is 0 Å². The molecule has 0 fully saturated rings. The van der Waals surface area contributed by atoms with Crippen LogP contribution in [0.25, 0.3) is 22.1 Å². The lowest BCUT2D eigenvalue weighted by atomic mass is 9.98. The topological polar surface area (TPSA) is 65.5 Å². The fourth-order valence-corrected chi connectivity index (χ4v) is 3.83. The first kappa shape index (κ1) is 20.5. The number of fused-ring (bicyclic) bond motifs is 1. The molecule has 0 bridgehead atoms. The fraction of sp³-hybridized carbons (Fsp3) is 0.125. The maximum absolute atomic E-state index is 11.4. The van der Waals surface area contributed by atoms with Gasteiger partial charge in [0.15, 0.2) is 10.3 Å². The van der Waals surface area contributed by atoms with Gasteiger partial charge in [0.25, 0.3) is 0 Å². The Labute approximate surface area is 185 Å². The largest absolute Gasteiger partial charge is 0.489 e. The van der Waals surface area contributed by atoms with Crippen molar-refractivity contribution >= 4 is 40.3 Å². The summed E-state index contributed by atoms with van der Waals surface area (Å²) in [6.45, 7) is 0.780. The molecule has 0 radical (unpaired) electrons. The van der Waals surface area contributed by atoms with E-state index in [9.17, 15) is 4.79 Å². The van der Waals surface area contributed by atoms with Crippen LogP contribution in [0.5, 0.6) is 5.75 Å². The van der Waals surface area contributed by atoms with Gasteiger partial charge in [0, 0.05) is 30.0 Å². The molecule has 0 amide bonds. The summed E-state index contributed by atoms with van der Waals surface area (Å²) < 4.78 is 11.7. The molecular weight excluding hydrogens is 418 g/mol. The van der Waals surface area contributed by atoms with Crippen molar-refractivity contribution in [2.24, 2.45) is 5.73 Å². The van der Waals surface area contributed by atoms with E-state index in [-0.39, 0.29) is 11.5 Å². The van der Waals surface area contributed by atoms with E-state index in [2.05, 4.69) is 24.8 Å². The van der Waals surface area contributed by atoms with E-state index in [0.717, 1.165) is 33.2 Å². The van der Waals surface area contributed by atoms with Crippen molar-refractivity contribution in [3.05, 3.63) is 88.6 Å². The average Bonchev–Trinajstić information content (AvgIpc) is 3.12. The van der Waals surface area contributed by atoms with Crippen LogP contribution in [-0.4, -0.2) is 5.12 Å². The van der Waals surface area contributed by atoms with E-state index < -0.39 is 0 Å². The molecule has 2 N–H and O–H groups in total. The molecule has 0 spiro atoms. The summed E-state index contributed by atoms with van der Waals surface area (Å²) in [7, 11) is 0. The van der Waals surface area contributed by atoms with Crippen LogP contribution in [0.1, 0.15) is 16.7 Å². The van der Waals surface area contributed by atoms with Gasteiger partial charge in [0.1, 0.15) is 17.9 Å². The van der Waals surface area contributed by atoms with Gasteiger partial charge in [-0.3, -0.25) is 4.79 Å². The molecule has 152 valence electrons. The SMILES string of the molecule is NCc1cccc(-c2cc(COc3ccccc3CC(=O)S)cc3oc(Cl)cc23)c1. The number of hydrogen-bond donors (Lipinski definition) is 2. The third-order valence-electron chi connectivity index (χ3n) is 4.85. The van der Waals surface area contributed by atoms with E-state index in [1.165, 1.54) is 0 Å². The Morgan fingerprint density at radius 2 is 1.87 bits per heavy atom. The van der Waals surface area contributed by atoms with Crippen LogP contribution in [-0.2, 0) is 24.4 Å². The second kappa shape index (κ2) is 8.96. The van der Waals surface area contributed by atoms with Gasteiger partial charge in [0.05, 0.1) is 0 Å². The van der Waals surface area contributed by atoms with Gasteiger partial charge in [-0.1, -0.05) is 36.4 Å². The normalized spacial score (nSPS) is 11.0. The van der Waals surface area contributed by atoms with Gasteiger partial charge in [-0.15, -0.1) is 12.6 Å². The van der Waals surface area contributed by atoms with Crippen molar-refractivity contribution in [3.63, 3.8) is 0 Å². The van der Waals surface area contributed by atoms with Crippen molar-refractivity contribution in [2.45, 2.75) is 19.6 Å². The van der Waals surface area contributed by atoms with Crippen molar-refractivity contribution in [1.29, 1.82) is 0 Å². The Hall–Kier alpha value is -2.73. The van der Waals surface area contributed by atoms with E-state index in [0.29, 0.717) is 29.7 Å². The minimum absolute atomic E-state index is 0.209. The van der Waals surface area contributed by atoms with Crippen LogP contribution in [0, 0.1) is 0 Å². The monoisotopic (exact) mass is 437 g/mol. The smallest absolute Gasteiger partial charge is 0.194 e. The van der Waals surface area contributed by atoms with Crippen LogP contribution in [0.4, 0.5) is 0 Å². The number of halogens is 1. The predicted molar refractivity (Wildman–Crippen MR) is 123 cm³/mol. The second-order valence-electron chi connectivity index (χ2n) is 6.98. The molecule has 3 aromatic carbocycles. The molecule has 0 aliphatic carbocycles. The number of furan rings is 1. The quantitative estimate of drug-likeness (QED) is 0.359. The molecule has 30 heavy (non-hydrogen) atoms. The number of carbonyl (C=O) groups excluding carboxylic acids is 1. The van der Waals surface area contributed by atoms with E-state index in [4.69, 9.17) is 26.5 Å². The maximum Gasteiger partial charge on any atom is 0.194 e. The van der Waals surface area contributed by atoms with Gasteiger partial charge in [-0.25, -0.2) is 0 Å². The summed E-state index contributed by atoms with van der Waals surface area (Å²) in [4.78, 5) is 11.4. The first-order valence-electron chi connectivity index (χ1n) is 9.47. The predicted octanol–water partition coefficient (Wildman–Crippen LogP) is 5.79. The highest BCUT2D eigenvalue weighted by Gasteiger charge is 2.13. The molecule has 0 aliphatic heterocycles. The van der Waals surface area contributed by atoms with Crippen molar-refractivity contribution in [2.75, 3.05) is 0 Å². The summed E-state index contributed by atoms with van der Waals surface area (Å²) in [5.41, 5.74) is 11.3. The molecular formula is C24H20ClNO3S. The number of hydrogen-bond acceptors (Lipinski definition) is 4. The summed E-state index contributed by atoms with van der Waals surface area (Å²) >= 11 is 10.0. The van der Waals surface area contributed by atoms with Crippen LogP contribution >= 0.6 is 24.2 Å². The molecule has 4 nitrogen and oxygen atoms in total. The third kappa shape index (κ3) is 4.54. The number of ether oxygens (including phenoxy) is 1. The zero-order valence-electron chi connectivity index (χ0n) is 16.1. The van der Waals surface area contributed by atoms with E-state index >= 15 is 0 Å². The molecule has 0 saturated heterocycles. The van der Waals surface area contributed by atoms with Crippen LogP contribution in [0.15, 0.2) is 71.1 Å². The maximum atomic E-state index is 11.4. The number of nitrogens with two attached hydrogens (primary N) is 1. The minimum atomic E-state index is -0.209. The third-order valence-corrected chi connectivity index (χ3v) is 5.19. The molecule has 6 heteroatoms. The van der Waals surface area contributed by atoms with Crippen LogP contribution in [0.2, 0.25) is 5.22 Å². The molecule has 4 aromatic rings. The van der Waals surface area contributed by atoms with Crippen LogP contribution < -0.4 is 10.5 Å². The van der Waals surface area contributed by atoms with Crippen molar-refractivity contribution < 1.29 is 13.9 Å². The molecule has 0 unspecified atom stereocenters. The zero-order chi connectivity index (χ0) is 21.1. The number of thiol groups is 1. The Bertz CT molecular complexity index is 1220. The first-order chi connectivity index (χ1) is 14.5. The molecule has 4 rings (SSSR count). The fourth-order valence-electron chi connectivity index (χ4n) is 3.47. The number of carbonyl (C=O) groups is 1. The Balaban J connectivity index is 1.70. The van der Waals surface area contributed by atoms with Gasteiger partial charge in [0.2, 0.25) is 0 Å². The second-order valence-corrected chi connectivity index (χ2v) is 7.85. The highest BCUT2D eigenvalue weighted by Crippen LogP contribution is 2.35. The van der Waals surface area contributed by atoms with Gasteiger partial charge in [-0.2, -0.15) is 0 Å². The lowest BCUT2D eigenvalue weighted by molar-refractivity contribution is -0.110. The average molecular weight is 438 g/mol. The molecule has 0 aliphatic rings. The number of rotatable bonds is 7. The zero-order valence-corrected chi connectivity index (χ0v) is 17.7. The highest BCUT2D eigenvalue weighted by atomic mass is 35.5. The summed E-state index contributed by atoms with van der Waals surface area (Å²) in [6, 6.07) is 21.3. The van der Waals surface area contributed by atoms with Crippen LogP contribution in [0.3, 0.4) is 0 Å². The number of benzene rings is 3. The first-order valence-corrected chi connectivity index (χ1v) is 10.3. The molecule has 0 saturated carbocycles. The van der Waals surface area contributed by atoms with Gasteiger partial charge in [-0.05, 0) is 58.1 Å². The summed E-state index contributed by atoms with van der Waals surface area (Å²) in [5, 5.41) is 1.05. The summed E-state index contributed by atoms with van der Waals surface area (Å²) in [5.74, 6) is 0.657. The molecule has 0 atom stereocenters. The van der Waals surface area contributed by atoms with E-state index in [1.807, 2.05) is 54.6 Å². The Morgan fingerprint density at radius 3 is 2.67 bits per heavy atom. The van der Waals surface area contributed by atoms with Gasteiger partial charge < -0.3 is 14.9 Å².